The molecule has 0 radical (unpaired) electrons. The fraction of sp³-hybridized carbons (Fsp3) is 0.458. The van der Waals surface area contributed by atoms with Crippen LogP contribution in [0.3, 0.4) is 0 Å². The molecule has 31 heavy (non-hydrogen) atoms. The van der Waals surface area contributed by atoms with Crippen LogP contribution in [0.4, 0.5) is 4.79 Å². The first-order valence-corrected chi connectivity index (χ1v) is 11.8. The number of hydrogen-bond donors (Lipinski definition) is 1. The molecule has 166 valence electrons. The van der Waals surface area contributed by atoms with Crippen molar-refractivity contribution in [3.8, 4) is 5.75 Å². The summed E-state index contributed by atoms with van der Waals surface area (Å²) < 4.78 is 11.5. The van der Waals surface area contributed by atoms with Crippen molar-refractivity contribution in [2.75, 3.05) is 19.8 Å². The fourth-order valence-electron chi connectivity index (χ4n) is 3.23. The van der Waals surface area contributed by atoms with Gasteiger partial charge in [0.15, 0.2) is 0 Å². The van der Waals surface area contributed by atoms with Crippen molar-refractivity contribution in [1.82, 2.24) is 10.3 Å². The van der Waals surface area contributed by atoms with E-state index in [0.29, 0.717) is 13.0 Å². The average Bonchev–Trinajstić information content (AvgIpc) is 3.09. The lowest BCUT2D eigenvalue weighted by atomic mass is 10.1. The summed E-state index contributed by atoms with van der Waals surface area (Å²) in [5.41, 5.74) is 3.19. The van der Waals surface area contributed by atoms with Crippen LogP contribution < -0.4 is 10.1 Å². The second-order valence-electron chi connectivity index (χ2n) is 7.56. The molecule has 2 heterocycles. The molecule has 1 saturated heterocycles. The first-order chi connectivity index (χ1) is 15.1. The van der Waals surface area contributed by atoms with E-state index in [1.807, 2.05) is 36.5 Å². The van der Waals surface area contributed by atoms with Crippen molar-refractivity contribution < 1.29 is 19.1 Å². The van der Waals surface area contributed by atoms with Crippen molar-refractivity contribution in [2.45, 2.75) is 50.7 Å². The standard InChI is InChI=1S/C24H30N2O4S/c1-2-3-4-13-29-14-11-19-5-8-20(25-17-19)12-15-30-21-9-6-18(7-10-21)16-22-23(27)26-24(28)31-22/h5-10,17,22H,2-4,11-16H2,1H3,(H,26,27,28). The Morgan fingerprint density at radius 3 is 2.45 bits per heavy atom. The van der Waals surface area contributed by atoms with E-state index >= 15 is 0 Å². The molecule has 1 atom stereocenters. The van der Waals surface area contributed by atoms with Gasteiger partial charge in [-0.1, -0.05) is 49.7 Å². The zero-order chi connectivity index (χ0) is 21.9. The number of thioether (sulfide) groups is 1. The minimum absolute atomic E-state index is 0.214. The largest absolute Gasteiger partial charge is 0.493 e. The van der Waals surface area contributed by atoms with Gasteiger partial charge < -0.3 is 9.47 Å². The second kappa shape index (κ2) is 12.5. The number of carbonyl (C=O) groups excluding carboxylic acids is 2. The molecule has 0 spiro atoms. The molecule has 2 aromatic rings. The number of rotatable bonds is 13. The summed E-state index contributed by atoms with van der Waals surface area (Å²) in [5, 5.41) is 1.70. The predicted molar refractivity (Wildman–Crippen MR) is 123 cm³/mol. The molecule has 1 N–H and O–H groups in total. The third kappa shape index (κ3) is 7.99. The number of hydrogen-bond acceptors (Lipinski definition) is 6. The molecule has 0 saturated carbocycles. The van der Waals surface area contributed by atoms with Crippen LogP contribution in [0.5, 0.6) is 5.75 Å². The fourth-order valence-corrected chi connectivity index (χ4v) is 4.09. The van der Waals surface area contributed by atoms with E-state index in [1.165, 1.54) is 18.4 Å². The number of unbranched alkanes of at least 4 members (excludes halogenated alkanes) is 2. The van der Waals surface area contributed by atoms with Crippen LogP contribution >= 0.6 is 11.8 Å². The summed E-state index contributed by atoms with van der Waals surface area (Å²) in [6.45, 7) is 4.32. The predicted octanol–water partition coefficient (Wildman–Crippen LogP) is 4.35. The molecule has 1 unspecified atom stereocenters. The summed E-state index contributed by atoms with van der Waals surface area (Å²) in [7, 11) is 0. The topological polar surface area (TPSA) is 77.5 Å². The first kappa shape index (κ1) is 23.3. The summed E-state index contributed by atoms with van der Waals surface area (Å²) in [6, 6.07) is 11.8. The molecule has 3 rings (SSSR count). The average molecular weight is 443 g/mol. The molecule has 7 heteroatoms. The molecule has 1 aliphatic heterocycles. The summed E-state index contributed by atoms with van der Waals surface area (Å²) in [5.74, 6) is 0.563. The Morgan fingerprint density at radius 2 is 1.77 bits per heavy atom. The Balaban J connectivity index is 1.34. The van der Waals surface area contributed by atoms with E-state index in [0.717, 1.165) is 61.2 Å². The van der Waals surface area contributed by atoms with Crippen LogP contribution in [0, 0.1) is 0 Å². The minimum Gasteiger partial charge on any atom is -0.493 e. The quantitative estimate of drug-likeness (QED) is 0.465. The Labute approximate surface area is 188 Å². The van der Waals surface area contributed by atoms with Gasteiger partial charge in [0, 0.05) is 24.9 Å². The molecule has 1 aromatic heterocycles. The first-order valence-electron chi connectivity index (χ1n) is 10.9. The highest BCUT2D eigenvalue weighted by atomic mass is 32.2. The van der Waals surface area contributed by atoms with Gasteiger partial charge in [0.2, 0.25) is 5.91 Å². The van der Waals surface area contributed by atoms with Gasteiger partial charge in [-0.05, 0) is 48.6 Å². The normalized spacial score (nSPS) is 15.8. The van der Waals surface area contributed by atoms with Gasteiger partial charge in [-0.15, -0.1) is 0 Å². The van der Waals surface area contributed by atoms with Crippen molar-refractivity contribution in [3.63, 3.8) is 0 Å². The number of pyridine rings is 1. The number of amides is 2. The van der Waals surface area contributed by atoms with Crippen LogP contribution in [0.25, 0.3) is 0 Å². The zero-order valence-electron chi connectivity index (χ0n) is 18.0. The lowest BCUT2D eigenvalue weighted by Gasteiger charge is -2.09. The number of benzene rings is 1. The molecule has 0 aliphatic carbocycles. The second-order valence-corrected chi connectivity index (χ2v) is 8.73. The van der Waals surface area contributed by atoms with Gasteiger partial charge in [-0.3, -0.25) is 19.9 Å². The van der Waals surface area contributed by atoms with Crippen molar-refractivity contribution in [3.05, 3.63) is 59.4 Å². The number of ether oxygens (including phenoxy) is 2. The van der Waals surface area contributed by atoms with Crippen LogP contribution in [-0.4, -0.2) is 41.2 Å². The molecule has 1 aliphatic rings. The summed E-state index contributed by atoms with van der Waals surface area (Å²) in [6.07, 6.45) is 7.64. The maximum atomic E-state index is 11.7. The lowest BCUT2D eigenvalue weighted by molar-refractivity contribution is -0.118. The Kier molecular flexibility index (Phi) is 9.37. The molecular formula is C24H30N2O4S. The van der Waals surface area contributed by atoms with Crippen LogP contribution in [0.2, 0.25) is 0 Å². The van der Waals surface area contributed by atoms with Gasteiger partial charge in [0.05, 0.1) is 18.5 Å². The van der Waals surface area contributed by atoms with Crippen LogP contribution in [0.1, 0.15) is 43.0 Å². The third-order valence-electron chi connectivity index (χ3n) is 5.05. The van der Waals surface area contributed by atoms with E-state index in [2.05, 4.69) is 23.3 Å². The number of carbonyl (C=O) groups is 2. The van der Waals surface area contributed by atoms with Crippen LogP contribution in [0.15, 0.2) is 42.6 Å². The zero-order valence-corrected chi connectivity index (χ0v) is 18.8. The Morgan fingerprint density at radius 1 is 0.968 bits per heavy atom. The molecule has 1 aromatic carbocycles. The summed E-state index contributed by atoms with van der Waals surface area (Å²) >= 11 is 1.05. The third-order valence-corrected chi connectivity index (χ3v) is 6.03. The maximum Gasteiger partial charge on any atom is 0.286 e. The Hall–Kier alpha value is -2.38. The van der Waals surface area contributed by atoms with Gasteiger partial charge in [0.1, 0.15) is 5.75 Å². The number of imide groups is 1. The molecule has 1 fully saturated rings. The van der Waals surface area contributed by atoms with Gasteiger partial charge in [-0.25, -0.2) is 0 Å². The highest BCUT2D eigenvalue weighted by Crippen LogP contribution is 2.23. The van der Waals surface area contributed by atoms with E-state index < -0.39 is 0 Å². The van der Waals surface area contributed by atoms with Crippen LogP contribution in [-0.2, 0) is 28.8 Å². The highest BCUT2D eigenvalue weighted by Gasteiger charge is 2.31. The lowest BCUT2D eigenvalue weighted by Crippen LogP contribution is -2.25. The Bertz CT molecular complexity index is 840. The van der Waals surface area contributed by atoms with Crippen molar-refractivity contribution >= 4 is 22.9 Å². The van der Waals surface area contributed by atoms with Gasteiger partial charge >= 0.3 is 0 Å². The molecule has 2 amide bonds. The SMILES string of the molecule is CCCCCOCCc1ccc(CCOc2ccc(CC3SC(=O)NC3=O)cc2)nc1. The van der Waals surface area contributed by atoms with E-state index in [4.69, 9.17) is 9.47 Å². The van der Waals surface area contributed by atoms with Gasteiger partial charge in [0.25, 0.3) is 5.24 Å². The van der Waals surface area contributed by atoms with E-state index in [9.17, 15) is 9.59 Å². The summed E-state index contributed by atoms with van der Waals surface area (Å²) in [4.78, 5) is 27.4. The van der Waals surface area contributed by atoms with E-state index in [1.54, 1.807) is 0 Å². The maximum absolute atomic E-state index is 11.7. The van der Waals surface area contributed by atoms with Crippen molar-refractivity contribution in [1.29, 1.82) is 0 Å². The van der Waals surface area contributed by atoms with Crippen molar-refractivity contribution in [2.24, 2.45) is 0 Å². The monoisotopic (exact) mass is 442 g/mol. The molecule has 0 bridgehead atoms. The number of nitrogens with one attached hydrogen (secondary N) is 1. The molecule has 6 nitrogen and oxygen atoms in total. The van der Waals surface area contributed by atoms with Gasteiger partial charge in [-0.2, -0.15) is 0 Å². The number of aromatic nitrogens is 1. The molecular weight excluding hydrogens is 412 g/mol. The number of nitrogens with zero attached hydrogens (tertiary/aromatic N) is 1. The minimum atomic E-state index is -0.346. The smallest absolute Gasteiger partial charge is 0.286 e. The van der Waals surface area contributed by atoms with E-state index in [-0.39, 0.29) is 16.4 Å². The highest BCUT2D eigenvalue weighted by molar-refractivity contribution is 8.15.